The van der Waals surface area contributed by atoms with E-state index in [1.54, 1.807) is 11.8 Å². The molecule has 74 valence electrons. The van der Waals surface area contributed by atoms with Crippen LogP contribution in [0.1, 0.15) is 13.3 Å². The molecule has 0 aromatic carbocycles. The summed E-state index contributed by atoms with van der Waals surface area (Å²) in [6.45, 7) is 2.16. The number of hydrogen-bond donors (Lipinski definition) is 1. The molecule has 0 radical (unpaired) electrons. The lowest BCUT2D eigenvalue weighted by molar-refractivity contribution is 0.289. The van der Waals surface area contributed by atoms with Crippen molar-refractivity contribution < 1.29 is 13.5 Å². The summed E-state index contributed by atoms with van der Waals surface area (Å²) in [7, 11) is -2.82. The van der Waals surface area contributed by atoms with Crippen LogP contribution in [-0.2, 0) is 9.84 Å². The number of aliphatic hydroxyl groups excluding tert-OH is 1. The molecule has 0 fully saturated rings. The zero-order chi connectivity index (χ0) is 9.61. The SMILES string of the molecule is CC(CCO)SCCS(C)(=O)=O. The number of aliphatic hydroxyl groups is 1. The Morgan fingerprint density at radius 3 is 2.50 bits per heavy atom. The number of thioether (sulfide) groups is 1. The highest BCUT2D eigenvalue weighted by molar-refractivity contribution is 8.01. The van der Waals surface area contributed by atoms with E-state index in [4.69, 9.17) is 5.11 Å². The molecule has 0 saturated heterocycles. The Hall–Kier alpha value is 0.260. The summed E-state index contributed by atoms with van der Waals surface area (Å²) in [5.41, 5.74) is 0. The normalized spacial score (nSPS) is 14.6. The standard InChI is InChI=1S/C7H16O3S2/c1-7(3-4-8)11-5-6-12(2,9)10/h7-8H,3-6H2,1-2H3. The van der Waals surface area contributed by atoms with Crippen LogP contribution in [0.15, 0.2) is 0 Å². The third-order valence-electron chi connectivity index (χ3n) is 1.39. The van der Waals surface area contributed by atoms with Crippen LogP contribution in [0.5, 0.6) is 0 Å². The molecule has 0 amide bonds. The highest BCUT2D eigenvalue weighted by Gasteiger charge is 2.05. The molecule has 0 bridgehead atoms. The van der Waals surface area contributed by atoms with E-state index in [2.05, 4.69) is 0 Å². The minimum atomic E-state index is -2.82. The maximum atomic E-state index is 10.7. The zero-order valence-electron chi connectivity index (χ0n) is 7.49. The van der Waals surface area contributed by atoms with Gasteiger partial charge in [-0.1, -0.05) is 6.92 Å². The van der Waals surface area contributed by atoms with Gasteiger partial charge in [0.2, 0.25) is 0 Å². The monoisotopic (exact) mass is 212 g/mol. The fourth-order valence-corrected chi connectivity index (χ4v) is 2.94. The van der Waals surface area contributed by atoms with Gasteiger partial charge in [0.15, 0.2) is 0 Å². The van der Waals surface area contributed by atoms with Crippen LogP contribution in [0.25, 0.3) is 0 Å². The van der Waals surface area contributed by atoms with Crippen molar-refractivity contribution >= 4 is 21.6 Å². The smallest absolute Gasteiger partial charge is 0.148 e. The fraction of sp³-hybridized carbons (Fsp3) is 1.00. The Bertz CT molecular complexity index is 199. The van der Waals surface area contributed by atoms with Crippen LogP contribution >= 0.6 is 11.8 Å². The highest BCUT2D eigenvalue weighted by Crippen LogP contribution is 2.13. The molecule has 0 aromatic rings. The first kappa shape index (κ1) is 12.3. The van der Waals surface area contributed by atoms with Gasteiger partial charge in [0.05, 0.1) is 5.75 Å². The van der Waals surface area contributed by atoms with Gasteiger partial charge >= 0.3 is 0 Å². The second-order valence-electron chi connectivity index (χ2n) is 2.82. The Labute approximate surface area is 78.5 Å². The summed E-state index contributed by atoms with van der Waals surface area (Å²) < 4.78 is 21.4. The maximum Gasteiger partial charge on any atom is 0.148 e. The molecule has 3 nitrogen and oxygen atoms in total. The van der Waals surface area contributed by atoms with Gasteiger partial charge < -0.3 is 5.11 Å². The van der Waals surface area contributed by atoms with Crippen molar-refractivity contribution in [2.75, 3.05) is 24.4 Å². The minimum absolute atomic E-state index is 0.174. The van der Waals surface area contributed by atoms with Gasteiger partial charge in [-0.15, -0.1) is 0 Å². The molecule has 0 aliphatic carbocycles. The van der Waals surface area contributed by atoms with Crippen LogP contribution in [0.2, 0.25) is 0 Å². The predicted molar refractivity (Wildman–Crippen MR) is 53.3 cm³/mol. The van der Waals surface area contributed by atoms with Crippen LogP contribution in [0, 0.1) is 0 Å². The van der Waals surface area contributed by atoms with Crippen molar-refractivity contribution in [3.05, 3.63) is 0 Å². The zero-order valence-corrected chi connectivity index (χ0v) is 9.12. The molecular weight excluding hydrogens is 196 g/mol. The molecule has 0 saturated carbocycles. The molecular formula is C7H16O3S2. The lowest BCUT2D eigenvalue weighted by Gasteiger charge is -2.07. The van der Waals surface area contributed by atoms with Crippen molar-refractivity contribution in [3.8, 4) is 0 Å². The Balaban J connectivity index is 3.44. The fourth-order valence-electron chi connectivity index (χ4n) is 0.666. The van der Waals surface area contributed by atoms with Gasteiger partial charge in [0.25, 0.3) is 0 Å². The third-order valence-corrected chi connectivity index (χ3v) is 3.84. The first-order valence-electron chi connectivity index (χ1n) is 3.86. The van der Waals surface area contributed by atoms with E-state index in [-0.39, 0.29) is 12.4 Å². The van der Waals surface area contributed by atoms with Crippen LogP contribution in [0.4, 0.5) is 0 Å². The van der Waals surface area contributed by atoms with Gasteiger partial charge in [-0.05, 0) is 6.42 Å². The van der Waals surface area contributed by atoms with Crippen LogP contribution in [0.3, 0.4) is 0 Å². The summed E-state index contributed by atoms with van der Waals surface area (Å²) in [6.07, 6.45) is 1.97. The highest BCUT2D eigenvalue weighted by atomic mass is 32.2. The van der Waals surface area contributed by atoms with Gasteiger partial charge in [0, 0.05) is 23.9 Å². The van der Waals surface area contributed by atoms with Gasteiger partial charge in [-0.2, -0.15) is 11.8 Å². The molecule has 0 aromatic heterocycles. The minimum Gasteiger partial charge on any atom is -0.396 e. The van der Waals surface area contributed by atoms with E-state index in [0.29, 0.717) is 11.0 Å². The molecule has 1 atom stereocenters. The number of rotatable bonds is 6. The van der Waals surface area contributed by atoms with Crippen molar-refractivity contribution in [2.24, 2.45) is 0 Å². The number of hydrogen-bond acceptors (Lipinski definition) is 4. The molecule has 0 rings (SSSR count). The molecule has 0 heterocycles. The van der Waals surface area contributed by atoms with Gasteiger partial charge in [-0.3, -0.25) is 0 Å². The molecule has 1 N–H and O–H groups in total. The molecule has 12 heavy (non-hydrogen) atoms. The van der Waals surface area contributed by atoms with Gasteiger partial charge in [-0.25, -0.2) is 8.42 Å². The van der Waals surface area contributed by atoms with Crippen LogP contribution in [-0.4, -0.2) is 43.1 Å². The molecule has 0 aliphatic rings. The summed E-state index contributed by atoms with van der Waals surface area (Å²) in [4.78, 5) is 0. The lowest BCUT2D eigenvalue weighted by atomic mass is 10.3. The summed E-state index contributed by atoms with van der Waals surface area (Å²) in [5, 5.41) is 8.91. The summed E-state index contributed by atoms with van der Waals surface area (Å²) >= 11 is 1.59. The quantitative estimate of drug-likeness (QED) is 0.698. The van der Waals surface area contributed by atoms with Crippen molar-refractivity contribution in [1.29, 1.82) is 0 Å². The van der Waals surface area contributed by atoms with Crippen LogP contribution < -0.4 is 0 Å². The molecule has 5 heteroatoms. The second kappa shape index (κ2) is 5.83. The topological polar surface area (TPSA) is 54.4 Å². The summed E-state index contributed by atoms with van der Waals surface area (Å²) in [5.74, 6) is 0.855. The predicted octanol–water partition coefficient (Wildman–Crippen LogP) is 0.535. The molecule has 0 spiro atoms. The summed E-state index contributed by atoms with van der Waals surface area (Å²) in [6, 6.07) is 0. The van der Waals surface area contributed by atoms with E-state index in [1.807, 2.05) is 6.92 Å². The van der Waals surface area contributed by atoms with E-state index >= 15 is 0 Å². The van der Waals surface area contributed by atoms with E-state index in [1.165, 1.54) is 6.26 Å². The van der Waals surface area contributed by atoms with Crippen molar-refractivity contribution in [1.82, 2.24) is 0 Å². The largest absolute Gasteiger partial charge is 0.396 e. The number of sulfone groups is 1. The van der Waals surface area contributed by atoms with E-state index in [9.17, 15) is 8.42 Å². The first-order chi connectivity index (χ1) is 5.45. The first-order valence-corrected chi connectivity index (χ1v) is 6.97. The second-order valence-corrected chi connectivity index (χ2v) is 6.63. The maximum absolute atomic E-state index is 10.7. The van der Waals surface area contributed by atoms with E-state index < -0.39 is 9.84 Å². The Morgan fingerprint density at radius 1 is 1.50 bits per heavy atom. The van der Waals surface area contributed by atoms with Crippen molar-refractivity contribution in [2.45, 2.75) is 18.6 Å². The lowest BCUT2D eigenvalue weighted by Crippen LogP contribution is -2.08. The average Bonchev–Trinajstić information content (AvgIpc) is 1.84. The third kappa shape index (κ3) is 8.36. The van der Waals surface area contributed by atoms with Crippen molar-refractivity contribution in [3.63, 3.8) is 0 Å². The Kier molecular flexibility index (Phi) is 5.96. The van der Waals surface area contributed by atoms with E-state index in [0.717, 1.165) is 6.42 Å². The Morgan fingerprint density at radius 2 is 2.08 bits per heavy atom. The molecule has 1 unspecified atom stereocenters. The average molecular weight is 212 g/mol. The molecule has 0 aliphatic heterocycles. The van der Waals surface area contributed by atoms with Gasteiger partial charge in [0.1, 0.15) is 9.84 Å².